The molecule has 1 aromatic carbocycles. The van der Waals surface area contributed by atoms with Crippen molar-refractivity contribution in [3.05, 3.63) is 59.8 Å². The predicted molar refractivity (Wildman–Crippen MR) is 110 cm³/mol. The van der Waals surface area contributed by atoms with Crippen LogP contribution in [0.25, 0.3) is 0 Å². The lowest BCUT2D eigenvalue weighted by Crippen LogP contribution is -2.47. The number of pyridine rings is 1. The maximum atomic E-state index is 13.4. The van der Waals surface area contributed by atoms with Gasteiger partial charge >= 0.3 is 0 Å². The summed E-state index contributed by atoms with van der Waals surface area (Å²) in [6.45, 7) is 1.85. The number of rotatable bonds is 3. The van der Waals surface area contributed by atoms with Gasteiger partial charge in [0.05, 0.1) is 12.7 Å². The molecule has 0 bridgehead atoms. The molecule has 5 heteroatoms. The van der Waals surface area contributed by atoms with Crippen molar-refractivity contribution in [1.29, 1.82) is 0 Å². The van der Waals surface area contributed by atoms with Crippen LogP contribution >= 0.6 is 0 Å². The van der Waals surface area contributed by atoms with Gasteiger partial charge in [-0.15, -0.1) is 0 Å². The van der Waals surface area contributed by atoms with Crippen LogP contribution in [0, 0.1) is 0 Å². The molecule has 3 atom stereocenters. The molecular formula is C23H29N3O2. The third-order valence-corrected chi connectivity index (χ3v) is 6.30. The Balaban J connectivity index is 1.66. The summed E-state index contributed by atoms with van der Waals surface area (Å²) in [6.07, 6.45) is 6.35. The van der Waals surface area contributed by atoms with E-state index in [9.17, 15) is 4.79 Å². The second-order valence-electron chi connectivity index (χ2n) is 7.95. The molecule has 4 rings (SSSR count). The van der Waals surface area contributed by atoms with E-state index in [0.717, 1.165) is 19.5 Å². The number of carbonyl (C=O) groups excluding carboxylic acids is 1. The number of likely N-dealkylation sites (N-methyl/N-ethyl adjacent to an activating group) is 1. The summed E-state index contributed by atoms with van der Waals surface area (Å²) in [5.74, 6) is 0.950. The zero-order valence-corrected chi connectivity index (χ0v) is 16.8. The highest BCUT2D eigenvalue weighted by atomic mass is 16.5. The largest absolute Gasteiger partial charge is 0.481 e. The lowest BCUT2D eigenvalue weighted by atomic mass is 9.87. The number of hydrogen-bond donors (Lipinski definition) is 0. The summed E-state index contributed by atoms with van der Waals surface area (Å²) < 4.78 is 5.14. The molecule has 0 radical (unpaired) electrons. The van der Waals surface area contributed by atoms with Crippen molar-refractivity contribution in [3.63, 3.8) is 0 Å². The lowest BCUT2D eigenvalue weighted by molar-refractivity contribution is 0.0669. The molecule has 0 saturated carbocycles. The van der Waals surface area contributed by atoms with Crippen LogP contribution in [-0.4, -0.2) is 60.0 Å². The van der Waals surface area contributed by atoms with Crippen LogP contribution in [0.5, 0.6) is 5.88 Å². The maximum Gasteiger partial charge on any atom is 0.255 e. The number of amides is 1. The van der Waals surface area contributed by atoms with Crippen molar-refractivity contribution >= 4 is 5.91 Å². The van der Waals surface area contributed by atoms with E-state index in [1.54, 1.807) is 19.4 Å². The minimum Gasteiger partial charge on any atom is -0.481 e. The average Bonchev–Trinajstić information content (AvgIpc) is 3.11. The van der Waals surface area contributed by atoms with Crippen LogP contribution in [0.3, 0.4) is 0 Å². The number of fused-ring (bicyclic) bond motifs is 1. The van der Waals surface area contributed by atoms with Crippen LogP contribution in [0.2, 0.25) is 0 Å². The van der Waals surface area contributed by atoms with Crippen molar-refractivity contribution < 1.29 is 9.53 Å². The van der Waals surface area contributed by atoms with Gasteiger partial charge in [0.15, 0.2) is 0 Å². The van der Waals surface area contributed by atoms with Gasteiger partial charge in [0.25, 0.3) is 5.91 Å². The molecule has 2 aliphatic rings. The van der Waals surface area contributed by atoms with Gasteiger partial charge in [0, 0.05) is 36.8 Å². The molecular weight excluding hydrogens is 350 g/mol. The summed E-state index contributed by atoms with van der Waals surface area (Å²) in [4.78, 5) is 22.2. The van der Waals surface area contributed by atoms with E-state index in [2.05, 4.69) is 52.2 Å². The fourth-order valence-corrected chi connectivity index (χ4v) is 4.91. The van der Waals surface area contributed by atoms with Crippen LogP contribution in [0.4, 0.5) is 0 Å². The van der Waals surface area contributed by atoms with Gasteiger partial charge in [0.2, 0.25) is 5.88 Å². The first-order chi connectivity index (χ1) is 13.7. The zero-order valence-electron chi connectivity index (χ0n) is 16.8. The first-order valence-corrected chi connectivity index (χ1v) is 10.2. The second-order valence-corrected chi connectivity index (χ2v) is 7.95. The number of benzene rings is 1. The quantitative estimate of drug-likeness (QED) is 0.818. The minimum absolute atomic E-state index is 0.0811. The minimum atomic E-state index is 0.0811. The van der Waals surface area contributed by atoms with Gasteiger partial charge in [-0.25, -0.2) is 4.98 Å². The Kier molecular flexibility index (Phi) is 5.62. The second kappa shape index (κ2) is 8.31. The Morgan fingerprint density at radius 3 is 2.64 bits per heavy atom. The highest BCUT2D eigenvalue weighted by molar-refractivity contribution is 5.94. The Hall–Kier alpha value is -2.40. The third-order valence-electron chi connectivity index (χ3n) is 6.30. The van der Waals surface area contributed by atoms with Crippen molar-refractivity contribution in [3.8, 4) is 5.88 Å². The fourth-order valence-electron chi connectivity index (χ4n) is 4.91. The molecule has 3 heterocycles. The molecule has 28 heavy (non-hydrogen) atoms. The fraction of sp³-hybridized carbons (Fsp3) is 0.478. The number of hydrogen-bond acceptors (Lipinski definition) is 4. The molecule has 148 valence electrons. The van der Waals surface area contributed by atoms with E-state index in [-0.39, 0.29) is 11.9 Å². The summed E-state index contributed by atoms with van der Waals surface area (Å²) in [5, 5.41) is 0. The highest BCUT2D eigenvalue weighted by Gasteiger charge is 2.46. The summed E-state index contributed by atoms with van der Waals surface area (Å²) in [5.41, 5.74) is 1.96. The van der Waals surface area contributed by atoms with Crippen LogP contribution in [0.15, 0.2) is 48.7 Å². The van der Waals surface area contributed by atoms with Crippen LogP contribution in [-0.2, 0) is 0 Å². The van der Waals surface area contributed by atoms with Gasteiger partial charge in [0.1, 0.15) is 0 Å². The molecule has 0 unspecified atom stereocenters. The molecule has 2 aliphatic heterocycles. The number of aromatic nitrogens is 1. The summed E-state index contributed by atoms with van der Waals surface area (Å²) >= 11 is 0. The molecule has 1 amide bonds. The number of ether oxygens (including phenoxy) is 1. The van der Waals surface area contributed by atoms with Crippen molar-refractivity contribution in [2.75, 3.05) is 27.2 Å². The topological polar surface area (TPSA) is 45.7 Å². The van der Waals surface area contributed by atoms with E-state index < -0.39 is 0 Å². The molecule has 2 aromatic rings. The Labute approximate surface area is 167 Å². The number of likely N-dealkylation sites (tertiary alicyclic amines) is 2. The van der Waals surface area contributed by atoms with E-state index in [1.807, 2.05) is 6.07 Å². The molecule has 2 saturated heterocycles. The number of methoxy groups -OCH3 is 1. The molecule has 2 fully saturated rings. The summed E-state index contributed by atoms with van der Waals surface area (Å²) in [7, 11) is 3.81. The third kappa shape index (κ3) is 3.63. The Morgan fingerprint density at radius 1 is 1.11 bits per heavy atom. The van der Waals surface area contributed by atoms with Gasteiger partial charge in [-0.05, 0) is 38.1 Å². The molecule has 0 aliphatic carbocycles. The van der Waals surface area contributed by atoms with E-state index in [0.29, 0.717) is 23.4 Å². The molecule has 0 spiro atoms. The first kappa shape index (κ1) is 18.9. The van der Waals surface area contributed by atoms with E-state index >= 15 is 0 Å². The average molecular weight is 380 g/mol. The van der Waals surface area contributed by atoms with Crippen molar-refractivity contribution in [1.82, 2.24) is 14.8 Å². The van der Waals surface area contributed by atoms with Crippen LogP contribution < -0.4 is 4.74 Å². The van der Waals surface area contributed by atoms with E-state index in [4.69, 9.17) is 4.74 Å². The van der Waals surface area contributed by atoms with Crippen LogP contribution in [0.1, 0.15) is 47.5 Å². The molecule has 1 aromatic heterocycles. The predicted octanol–water partition coefficient (Wildman–Crippen LogP) is 3.57. The smallest absolute Gasteiger partial charge is 0.255 e. The molecule has 0 N–H and O–H groups in total. The highest BCUT2D eigenvalue weighted by Crippen LogP contribution is 2.39. The Morgan fingerprint density at radius 2 is 1.93 bits per heavy atom. The Bertz CT molecular complexity index is 793. The normalized spacial score (nSPS) is 25.6. The van der Waals surface area contributed by atoms with Gasteiger partial charge in [-0.3, -0.25) is 4.79 Å². The van der Waals surface area contributed by atoms with Gasteiger partial charge < -0.3 is 14.5 Å². The van der Waals surface area contributed by atoms with Crippen molar-refractivity contribution in [2.45, 2.75) is 43.7 Å². The van der Waals surface area contributed by atoms with E-state index in [1.165, 1.54) is 24.8 Å². The summed E-state index contributed by atoms with van der Waals surface area (Å²) in [6, 6.07) is 14.9. The SMILES string of the molecule is COc1ccc(C(=O)N2C[C@@H](c3ccccc3)[C@H]3[C@H]2CCCCCN3C)cn1. The number of carbonyl (C=O) groups is 1. The van der Waals surface area contributed by atoms with Crippen molar-refractivity contribution in [2.24, 2.45) is 0 Å². The van der Waals surface area contributed by atoms with Gasteiger partial charge in [-0.1, -0.05) is 43.2 Å². The maximum absolute atomic E-state index is 13.4. The first-order valence-electron chi connectivity index (χ1n) is 10.2. The lowest BCUT2D eigenvalue weighted by Gasteiger charge is -2.37. The monoisotopic (exact) mass is 379 g/mol. The van der Waals surface area contributed by atoms with Gasteiger partial charge in [-0.2, -0.15) is 0 Å². The number of nitrogens with zero attached hydrogens (tertiary/aromatic N) is 3. The standard InChI is InChI=1S/C23H29N3O2/c1-25-14-8-4-7-11-20-22(25)19(17-9-5-3-6-10-17)16-26(20)23(27)18-12-13-21(28-2)24-15-18/h3,5-6,9-10,12-13,15,19-20,22H,4,7-8,11,14,16H2,1-2H3/t19-,20+,22-/m0/s1. The molecule has 5 nitrogen and oxygen atoms in total. The zero-order chi connectivity index (χ0) is 19.5.